The Bertz CT molecular complexity index is 717. The molecule has 1 aliphatic heterocycles. The number of rotatable bonds is 1. The zero-order valence-corrected chi connectivity index (χ0v) is 16.3. The third-order valence-electron chi connectivity index (χ3n) is 5.17. The number of aryl methyl sites for hydroxylation is 1. The molecule has 1 aromatic carbocycles. The molecule has 0 bridgehead atoms. The van der Waals surface area contributed by atoms with Gasteiger partial charge in [-0.3, -0.25) is 14.4 Å². The van der Waals surface area contributed by atoms with Gasteiger partial charge in [-0.1, -0.05) is 18.2 Å². The highest BCUT2D eigenvalue weighted by Crippen LogP contribution is 2.33. The van der Waals surface area contributed by atoms with Gasteiger partial charge in [0.1, 0.15) is 12.4 Å². The Labute approximate surface area is 165 Å². The van der Waals surface area contributed by atoms with Gasteiger partial charge < -0.3 is 20.7 Å². The van der Waals surface area contributed by atoms with Crippen LogP contribution < -0.4 is 20.7 Å². The number of carbonyl (C=O) groups excluding carboxylic acids is 3. The largest absolute Gasteiger partial charge is 0.492 e. The van der Waals surface area contributed by atoms with Crippen LogP contribution in [0.1, 0.15) is 38.2 Å². The molecule has 1 fully saturated rings. The van der Waals surface area contributed by atoms with Crippen molar-refractivity contribution in [1.82, 2.24) is 16.0 Å². The Morgan fingerprint density at radius 2 is 1.82 bits per heavy atom. The topological polar surface area (TPSA) is 96.5 Å². The molecule has 152 valence electrons. The maximum absolute atomic E-state index is 12.5. The van der Waals surface area contributed by atoms with E-state index in [1.165, 1.54) is 0 Å². The quantitative estimate of drug-likeness (QED) is 0.624. The minimum atomic E-state index is -0.409. The molecule has 28 heavy (non-hydrogen) atoms. The van der Waals surface area contributed by atoms with Gasteiger partial charge in [0.05, 0.1) is 19.0 Å². The Balaban J connectivity index is 1.69. The summed E-state index contributed by atoms with van der Waals surface area (Å²) >= 11 is 0. The van der Waals surface area contributed by atoms with Crippen LogP contribution in [0.3, 0.4) is 0 Å². The first-order chi connectivity index (χ1) is 13.5. The van der Waals surface area contributed by atoms with Crippen LogP contribution in [-0.2, 0) is 20.8 Å². The van der Waals surface area contributed by atoms with Crippen LogP contribution in [0.5, 0.6) is 5.75 Å². The lowest BCUT2D eigenvalue weighted by molar-refractivity contribution is -0.131. The molecule has 1 saturated carbocycles. The number of amides is 2. The number of benzene rings is 1. The molecule has 0 spiro atoms. The fourth-order valence-corrected chi connectivity index (χ4v) is 3.48. The maximum Gasteiger partial charge on any atom is 0.239 e. The summed E-state index contributed by atoms with van der Waals surface area (Å²) in [7, 11) is 0. The Morgan fingerprint density at radius 1 is 1.04 bits per heavy atom. The fraction of sp³-hybridized carbons (Fsp3) is 0.571. The van der Waals surface area contributed by atoms with Gasteiger partial charge in [-0.25, -0.2) is 0 Å². The summed E-state index contributed by atoms with van der Waals surface area (Å²) in [4.78, 5) is 36.6. The normalized spacial score (nSPS) is 25.7. The van der Waals surface area contributed by atoms with Gasteiger partial charge in [0, 0.05) is 12.6 Å². The van der Waals surface area contributed by atoms with Crippen molar-refractivity contribution in [3.63, 3.8) is 0 Å². The summed E-state index contributed by atoms with van der Waals surface area (Å²) in [5.41, 5.74) is 1.09. The summed E-state index contributed by atoms with van der Waals surface area (Å²) in [5, 5.41) is 8.69. The first-order valence-electron chi connectivity index (χ1n) is 10.1. The average molecular weight is 387 g/mol. The van der Waals surface area contributed by atoms with E-state index in [9.17, 15) is 14.4 Å². The molecule has 2 amide bonds. The van der Waals surface area contributed by atoms with Gasteiger partial charge in [-0.15, -0.1) is 0 Å². The lowest BCUT2D eigenvalue weighted by Gasteiger charge is -2.18. The smallest absolute Gasteiger partial charge is 0.239 e. The molecule has 2 aliphatic rings. The lowest BCUT2D eigenvalue weighted by Crippen LogP contribution is -2.44. The van der Waals surface area contributed by atoms with Gasteiger partial charge in [0.25, 0.3) is 0 Å². The van der Waals surface area contributed by atoms with Gasteiger partial charge in [0.15, 0.2) is 5.78 Å². The molecular formula is C21H29N3O4. The molecule has 3 N–H and O–H groups in total. The maximum atomic E-state index is 12.5. The molecule has 1 heterocycles. The number of fused-ring (bicyclic) bond motifs is 1. The molecule has 1 aliphatic carbocycles. The van der Waals surface area contributed by atoms with Crippen molar-refractivity contribution < 1.29 is 19.1 Å². The molecule has 7 heteroatoms. The summed E-state index contributed by atoms with van der Waals surface area (Å²) in [6.45, 7) is 2.81. The van der Waals surface area contributed by atoms with E-state index in [-0.39, 0.29) is 36.7 Å². The van der Waals surface area contributed by atoms with Crippen LogP contribution in [-0.4, -0.2) is 49.4 Å². The summed E-state index contributed by atoms with van der Waals surface area (Å²) < 4.78 is 5.93. The first-order valence-corrected chi connectivity index (χ1v) is 10.1. The van der Waals surface area contributed by atoms with E-state index in [0.29, 0.717) is 19.1 Å². The van der Waals surface area contributed by atoms with Crippen LogP contribution in [0, 0.1) is 5.92 Å². The Hall–Kier alpha value is -2.41. The lowest BCUT2D eigenvalue weighted by atomic mass is 10.0. The molecule has 0 aromatic heterocycles. The van der Waals surface area contributed by atoms with Crippen molar-refractivity contribution in [2.45, 2.75) is 51.1 Å². The molecular weight excluding hydrogens is 358 g/mol. The molecule has 3 rings (SSSR count). The van der Waals surface area contributed by atoms with Crippen molar-refractivity contribution in [2.75, 3.05) is 19.7 Å². The van der Waals surface area contributed by atoms with Crippen LogP contribution in [0.15, 0.2) is 24.3 Å². The SMILES string of the molecule is CC1CCc2ccccc2OCCNC(C2CC2)C(=O)CC(=O)NCC(=O)N1. The molecule has 1 aromatic rings. The van der Waals surface area contributed by atoms with Crippen molar-refractivity contribution in [3.05, 3.63) is 29.8 Å². The summed E-state index contributed by atoms with van der Waals surface area (Å²) in [5.74, 6) is 0.336. The number of nitrogens with one attached hydrogen (secondary N) is 3. The zero-order chi connectivity index (χ0) is 19.9. The van der Waals surface area contributed by atoms with Crippen LogP contribution in [0.25, 0.3) is 0 Å². The van der Waals surface area contributed by atoms with Crippen LogP contribution in [0.4, 0.5) is 0 Å². The summed E-state index contributed by atoms with van der Waals surface area (Å²) in [6, 6.07) is 7.53. The number of Topliss-reactive ketones (excluding diaryl/α,β-unsaturated/α-hetero) is 1. The van der Waals surface area contributed by atoms with Crippen molar-refractivity contribution in [2.24, 2.45) is 5.92 Å². The van der Waals surface area contributed by atoms with Gasteiger partial charge in [-0.2, -0.15) is 0 Å². The second kappa shape index (κ2) is 9.68. The predicted molar refractivity (Wildman–Crippen MR) is 105 cm³/mol. The first kappa shape index (κ1) is 20.3. The van der Waals surface area contributed by atoms with E-state index < -0.39 is 5.91 Å². The monoisotopic (exact) mass is 387 g/mol. The molecule has 2 atom stereocenters. The van der Waals surface area contributed by atoms with Gasteiger partial charge in [-0.05, 0) is 50.2 Å². The summed E-state index contributed by atoms with van der Waals surface area (Å²) in [6.07, 6.45) is 3.33. The zero-order valence-electron chi connectivity index (χ0n) is 16.3. The number of carbonyl (C=O) groups is 3. The Kier molecular flexibility index (Phi) is 7.03. The minimum absolute atomic E-state index is 0.0318. The number of ketones is 1. The minimum Gasteiger partial charge on any atom is -0.492 e. The van der Waals surface area contributed by atoms with E-state index in [1.807, 2.05) is 31.2 Å². The van der Waals surface area contributed by atoms with Gasteiger partial charge in [0.2, 0.25) is 11.8 Å². The number of hydrogen-bond donors (Lipinski definition) is 3. The standard InChI is InChI=1S/C21H29N3O4/c1-14-6-7-15-4-2-3-5-18(15)28-11-10-22-21(16-8-9-16)17(25)12-19(26)23-13-20(27)24-14/h2-5,14,16,21-22H,6-13H2,1H3,(H,23,26)(H,24,27). The number of para-hydroxylation sites is 1. The second-order valence-electron chi connectivity index (χ2n) is 7.65. The number of hydrogen-bond acceptors (Lipinski definition) is 5. The molecule has 0 radical (unpaired) electrons. The predicted octanol–water partition coefficient (Wildman–Crippen LogP) is 0.960. The Morgan fingerprint density at radius 3 is 2.61 bits per heavy atom. The van der Waals surface area contributed by atoms with E-state index in [4.69, 9.17) is 4.74 Å². The van der Waals surface area contributed by atoms with Crippen LogP contribution in [0.2, 0.25) is 0 Å². The highest BCUT2D eigenvalue weighted by Gasteiger charge is 2.36. The molecule has 0 saturated heterocycles. The van der Waals surface area contributed by atoms with E-state index in [2.05, 4.69) is 16.0 Å². The van der Waals surface area contributed by atoms with E-state index in [0.717, 1.165) is 37.0 Å². The third kappa shape index (κ3) is 6.05. The fourth-order valence-electron chi connectivity index (χ4n) is 3.48. The van der Waals surface area contributed by atoms with E-state index in [1.54, 1.807) is 0 Å². The number of ether oxygens (including phenoxy) is 1. The van der Waals surface area contributed by atoms with Crippen molar-refractivity contribution >= 4 is 17.6 Å². The van der Waals surface area contributed by atoms with Gasteiger partial charge >= 0.3 is 0 Å². The van der Waals surface area contributed by atoms with E-state index >= 15 is 0 Å². The average Bonchev–Trinajstić information content (AvgIpc) is 3.49. The highest BCUT2D eigenvalue weighted by atomic mass is 16.5. The second-order valence-corrected chi connectivity index (χ2v) is 7.65. The van der Waals surface area contributed by atoms with Crippen molar-refractivity contribution in [1.29, 1.82) is 0 Å². The van der Waals surface area contributed by atoms with Crippen molar-refractivity contribution in [3.8, 4) is 5.75 Å². The van der Waals surface area contributed by atoms with Crippen LogP contribution >= 0.6 is 0 Å². The highest BCUT2D eigenvalue weighted by molar-refractivity contribution is 6.01. The third-order valence-corrected chi connectivity index (χ3v) is 5.17. The molecule has 2 unspecified atom stereocenters. The molecule has 7 nitrogen and oxygen atoms in total.